The van der Waals surface area contributed by atoms with Crippen LogP contribution in [0.1, 0.15) is 77.4 Å². The summed E-state index contributed by atoms with van der Waals surface area (Å²) in [5, 5.41) is 13.9. The molecule has 0 bridgehead atoms. The van der Waals surface area contributed by atoms with E-state index in [1.165, 1.54) is 4.90 Å². The van der Waals surface area contributed by atoms with Crippen LogP contribution in [0, 0.1) is 0 Å². The largest absolute Gasteiger partial charge is 0.486 e. The van der Waals surface area contributed by atoms with Crippen molar-refractivity contribution in [1.82, 2.24) is 10.2 Å². The summed E-state index contributed by atoms with van der Waals surface area (Å²) in [5.74, 6) is 0.783. The van der Waals surface area contributed by atoms with Crippen LogP contribution in [0.4, 0.5) is 13.2 Å². The van der Waals surface area contributed by atoms with Gasteiger partial charge in [0, 0.05) is 13.0 Å². The van der Waals surface area contributed by atoms with E-state index in [0.717, 1.165) is 25.7 Å². The Morgan fingerprint density at radius 3 is 2.59 bits per heavy atom. The molecule has 2 N–H and O–H groups in total. The Labute approximate surface area is 200 Å². The topological polar surface area (TPSA) is 71.0 Å². The van der Waals surface area contributed by atoms with Gasteiger partial charge in [0.1, 0.15) is 25.4 Å². The fraction of sp³-hybridized carbons (Fsp3) is 0.720. The molecule has 2 aliphatic heterocycles. The lowest BCUT2D eigenvalue weighted by molar-refractivity contribution is -0.177. The molecule has 34 heavy (non-hydrogen) atoms. The maximum Gasteiger partial charge on any atom is 0.404 e. The average molecular weight is 489 g/mol. The van der Waals surface area contributed by atoms with Crippen LogP contribution in [0.3, 0.4) is 0 Å². The number of carbonyl (C=O) groups is 1. The summed E-state index contributed by atoms with van der Waals surface area (Å²) >= 11 is 0. The lowest BCUT2D eigenvalue weighted by Crippen LogP contribution is -2.51. The van der Waals surface area contributed by atoms with E-state index in [0.29, 0.717) is 43.1 Å². The Morgan fingerprint density at radius 2 is 1.88 bits per heavy atom. The Kier molecular flexibility index (Phi) is 11.0. The number of carbonyl (C=O) groups excluding carboxylic acids is 1. The number of nitrogens with one attached hydrogen (secondary N) is 1. The van der Waals surface area contributed by atoms with Crippen molar-refractivity contribution in [2.24, 2.45) is 0 Å². The lowest BCUT2D eigenvalue weighted by atomic mass is 10.00. The van der Waals surface area contributed by atoms with Crippen molar-refractivity contribution >= 4 is 5.91 Å². The maximum absolute atomic E-state index is 13.5. The third-order valence-corrected chi connectivity index (χ3v) is 6.32. The van der Waals surface area contributed by atoms with Gasteiger partial charge in [-0.05, 0) is 43.5 Å². The molecule has 1 amide bonds. The Hall–Kier alpha value is -2.00. The molecule has 1 aromatic rings. The first kappa shape index (κ1) is 28.2. The summed E-state index contributed by atoms with van der Waals surface area (Å²) < 4.78 is 51.5. The number of alkyl halides is 3. The quantitative estimate of drug-likeness (QED) is 0.429. The fourth-order valence-electron chi connectivity index (χ4n) is 4.54. The van der Waals surface area contributed by atoms with E-state index in [2.05, 4.69) is 12.2 Å². The molecule has 0 aromatic heterocycles. The number of unbranched alkanes of at least 4 members (excludes halogenated alkanes) is 4. The number of ether oxygens (including phenoxy) is 2. The van der Waals surface area contributed by atoms with Crippen LogP contribution in [-0.2, 0) is 4.79 Å². The number of likely N-dealkylation sites (tertiary alicyclic amines) is 1. The summed E-state index contributed by atoms with van der Waals surface area (Å²) in [6.45, 7) is 3.12. The lowest BCUT2D eigenvalue weighted by Gasteiger charge is -2.33. The summed E-state index contributed by atoms with van der Waals surface area (Å²) in [5.41, 5.74) is 0.468. The van der Waals surface area contributed by atoms with Crippen LogP contribution in [0.15, 0.2) is 18.2 Å². The zero-order valence-corrected chi connectivity index (χ0v) is 19.2. The minimum atomic E-state index is -4.34. The SMILES string of the molecule is C.CCCCCCCC(=O)N[C@H](CN1CCC[C@@H]1C(F)(F)F)[C@H](O)c1ccc2c(c1)OCCO2. The van der Waals surface area contributed by atoms with Crippen molar-refractivity contribution in [3.8, 4) is 11.5 Å². The van der Waals surface area contributed by atoms with Crippen LogP contribution in [-0.4, -0.2) is 60.5 Å². The molecule has 1 aromatic carbocycles. The highest BCUT2D eigenvalue weighted by atomic mass is 19.4. The number of aliphatic hydroxyl groups excluding tert-OH is 1. The van der Waals surface area contributed by atoms with Crippen LogP contribution in [0.2, 0.25) is 0 Å². The van der Waals surface area contributed by atoms with Gasteiger partial charge in [0.15, 0.2) is 11.5 Å². The molecular formula is C25H39F3N2O4. The minimum Gasteiger partial charge on any atom is -0.486 e. The molecule has 0 aliphatic carbocycles. The second-order valence-corrected chi connectivity index (χ2v) is 8.88. The highest BCUT2D eigenvalue weighted by Gasteiger charge is 2.46. The molecule has 3 rings (SSSR count). The van der Waals surface area contributed by atoms with E-state index in [1.54, 1.807) is 18.2 Å². The van der Waals surface area contributed by atoms with Gasteiger partial charge < -0.3 is 19.9 Å². The van der Waals surface area contributed by atoms with Gasteiger partial charge in [0.05, 0.1) is 6.04 Å². The number of hydrogen-bond donors (Lipinski definition) is 2. The summed E-state index contributed by atoms with van der Waals surface area (Å²) in [6, 6.07) is 2.53. The van der Waals surface area contributed by atoms with Gasteiger partial charge in [-0.3, -0.25) is 9.69 Å². The van der Waals surface area contributed by atoms with E-state index in [-0.39, 0.29) is 39.3 Å². The molecule has 1 fully saturated rings. The molecule has 1 saturated heterocycles. The highest BCUT2D eigenvalue weighted by molar-refractivity contribution is 5.76. The van der Waals surface area contributed by atoms with Crippen molar-refractivity contribution < 1.29 is 32.5 Å². The molecular weight excluding hydrogens is 449 g/mol. The number of aliphatic hydroxyl groups is 1. The first-order chi connectivity index (χ1) is 15.8. The fourth-order valence-corrected chi connectivity index (χ4v) is 4.54. The first-order valence-corrected chi connectivity index (χ1v) is 12.0. The van der Waals surface area contributed by atoms with E-state index in [4.69, 9.17) is 9.47 Å². The number of halogens is 3. The molecule has 2 aliphatic rings. The van der Waals surface area contributed by atoms with E-state index < -0.39 is 24.4 Å². The second kappa shape index (κ2) is 13.2. The maximum atomic E-state index is 13.5. The minimum absolute atomic E-state index is 0. The van der Waals surface area contributed by atoms with E-state index in [9.17, 15) is 23.1 Å². The molecule has 6 nitrogen and oxygen atoms in total. The van der Waals surface area contributed by atoms with Crippen molar-refractivity contribution in [2.75, 3.05) is 26.3 Å². The molecule has 9 heteroatoms. The number of hydrogen-bond acceptors (Lipinski definition) is 5. The summed E-state index contributed by atoms with van der Waals surface area (Å²) in [6.07, 6.45) is 0.139. The highest BCUT2D eigenvalue weighted by Crippen LogP contribution is 2.35. The van der Waals surface area contributed by atoms with Crippen molar-refractivity contribution in [2.45, 2.75) is 90.1 Å². The molecule has 3 atom stereocenters. The third kappa shape index (κ3) is 7.77. The van der Waals surface area contributed by atoms with Gasteiger partial charge in [-0.2, -0.15) is 13.2 Å². The van der Waals surface area contributed by atoms with Gasteiger partial charge in [-0.25, -0.2) is 0 Å². The number of nitrogens with zero attached hydrogens (tertiary/aromatic N) is 1. The van der Waals surface area contributed by atoms with E-state index >= 15 is 0 Å². The number of fused-ring (bicyclic) bond motifs is 1. The molecule has 0 spiro atoms. The monoisotopic (exact) mass is 488 g/mol. The van der Waals surface area contributed by atoms with Gasteiger partial charge in [0.25, 0.3) is 0 Å². The molecule has 194 valence electrons. The third-order valence-electron chi connectivity index (χ3n) is 6.32. The van der Waals surface area contributed by atoms with Crippen LogP contribution in [0.25, 0.3) is 0 Å². The van der Waals surface area contributed by atoms with Gasteiger partial charge in [-0.1, -0.05) is 46.1 Å². The number of rotatable bonds is 11. The van der Waals surface area contributed by atoms with Gasteiger partial charge in [0.2, 0.25) is 5.91 Å². The molecule has 2 heterocycles. The normalized spacial score (nSPS) is 19.9. The summed E-state index contributed by atoms with van der Waals surface area (Å²) in [7, 11) is 0. The predicted octanol–water partition coefficient (Wildman–Crippen LogP) is 5.00. The van der Waals surface area contributed by atoms with Crippen molar-refractivity contribution in [3.63, 3.8) is 0 Å². The zero-order valence-electron chi connectivity index (χ0n) is 19.2. The second-order valence-electron chi connectivity index (χ2n) is 8.88. The standard InChI is InChI=1S/C24H35F3N2O4.CH4/c1-2-3-4-5-6-9-22(30)28-18(16-29-12-7-8-21(29)24(25,26)27)23(31)17-10-11-19-20(15-17)33-14-13-32-19;/h10-11,15,18,21,23,31H,2-9,12-14,16H2,1H3,(H,28,30);1H4/t18-,21-,23-;/m1./s1. The van der Waals surface area contributed by atoms with Crippen LogP contribution < -0.4 is 14.8 Å². The molecule has 0 saturated carbocycles. The van der Waals surface area contributed by atoms with Crippen molar-refractivity contribution in [3.05, 3.63) is 23.8 Å². The Bertz CT molecular complexity index is 775. The van der Waals surface area contributed by atoms with E-state index in [1.807, 2.05) is 0 Å². The number of benzene rings is 1. The average Bonchev–Trinajstić information content (AvgIpc) is 3.26. The van der Waals surface area contributed by atoms with Gasteiger partial charge >= 0.3 is 6.18 Å². The Morgan fingerprint density at radius 1 is 1.18 bits per heavy atom. The molecule has 0 radical (unpaired) electrons. The zero-order chi connectivity index (χ0) is 23.8. The number of amides is 1. The Balaban J connectivity index is 0.00000408. The van der Waals surface area contributed by atoms with Crippen LogP contribution in [0.5, 0.6) is 11.5 Å². The summed E-state index contributed by atoms with van der Waals surface area (Å²) in [4.78, 5) is 13.9. The predicted molar refractivity (Wildman–Crippen MR) is 125 cm³/mol. The smallest absolute Gasteiger partial charge is 0.404 e. The first-order valence-electron chi connectivity index (χ1n) is 12.0. The van der Waals surface area contributed by atoms with Gasteiger partial charge in [-0.15, -0.1) is 0 Å². The molecule has 0 unspecified atom stereocenters. The van der Waals surface area contributed by atoms with Crippen LogP contribution >= 0.6 is 0 Å². The van der Waals surface area contributed by atoms with Crippen molar-refractivity contribution in [1.29, 1.82) is 0 Å².